The minimum Gasteiger partial charge on any atom is -0.343 e. The zero-order valence-electron chi connectivity index (χ0n) is 11.2. The molecule has 1 aromatic rings. The standard InChI is InChI=1S/C14H15F3N2O2/c15-14(16,17)8-18-13(21)10-6-1-2-7-11(10)19-12(20)9-4-3-5-9/h1-2,6-7,9H,3-5,8H2,(H,18,21)(H,19,20). The molecular formula is C14H15F3N2O2. The molecule has 0 saturated heterocycles. The maximum atomic E-state index is 12.1. The van der Waals surface area contributed by atoms with Gasteiger partial charge in [-0.15, -0.1) is 0 Å². The zero-order valence-corrected chi connectivity index (χ0v) is 11.2. The van der Waals surface area contributed by atoms with Crippen molar-refractivity contribution in [2.45, 2.75) is 25.4 Å². The van der Waals surface area contributed by atoms with Gasteiger partial charge in [0.25, 0.3) is 5.91 Å². The van der Waals surface area contributed by atoms with E-state index in [1.54, 1.807) is 11.4 Å². The van der Waals surface area contributed by atoms with Crippen LogP contribution in [0.2, 0.25) is 0 Å². The number of hydrogen-bond acceptors (Lipinski definition) is 2. The van der Waals surface area contributed by atoms with Crippen LogP contribution >= 0.6 is 0 Å². The minimum absolute atomic E-state index is 0.0226. The fraction of sp³-hybridized carbons (Fsp3) is 0.429. The van der Waals surface area contributed by atoms with Crippen molar-refractivity contribution in [1.82, 2.24) is 5.32 Å². The third-order valence-electron chi connectivity index (χ3n) is 3.35. The lowest BCUT2D eigenvalue weighted by Gasteiger charge is -2.24. The third-order valence-corrected chi connectivity index (χ3v) is 3.35. The second kappa shape index (κ2) is 6.15. The first kappa shape index (κ1) is 15.3. The monoisotopic (exact) mass is 300 g/mol. The maximum Gasteiger partial charge on any atom is 0.405 e. The Balaban J connectivity index is 2.05. The summed E-state index contributed by atoms with van der Waals surface area (Å²) in [6.45, 7) is -1.41. The van der Waals surface area contributed by atoms with Crippen molar-refractivity contribution in [2.75, 3.05) is 11.9 Å². The topological polar surface area (TPSA) is 58.2 Å². The van der Waals surface area contributed by atoms with E-state index in [9.17, 15) is 22.8 Å². The molecule has 4 nitrogen and oxygen atoms in total. The predicted octanol–water partition coefficient (Wildman–Crippen LogP) is 2.72. The average molecular weight is 300 g/mol. The summed E-state index contributed by atoms with van der Waals surface area (Å²) in [5, 5.41) is 4.40. The van der Waals surface area contributed by atoms with Crippen LogP contribution < -0.4 is 10.6 Å². The van der Waals surface area contributed by atoms with E-state index in [0.29, 0.717) is 0 Å². The lowest BCUT2D eigenvalue weighted by Crippen LogP contribution is -2.34. The summed E-state index contributed by atoms with van der Waals surface area (Å²) in [6, 6.07) is 6.01. The molecule has 0 spiro atoms. The second-order valence-corrected chi connectivity index (χ2v) is 4.96. The molecule has 0 atom stereocenters. The first-order valence-electron chi connectivity index (χ1n) is 6.61. The van der Waals surface area contributed by atoms with Crippen LogP contribution in [0.25, 0.3) is 0 Å². The molecule has 2 N–H and O–H groups in total. The van der Waals surface area contributed by atoms with Crippen LogP contribution in [0, 0.1) is 5.92 Å². The van der Waals surface area contributed by atoms with Gasteiger partial charge >= 0.3 is 6.18 Å². The Morgan fingerprint density at radius 1 is 1.19 bits per heavy atom. The van der Waals surface area contributed by atoms with Crippen molar-refractivity contribution < 1.29 is 22.8 Å². The molecule has 21 heavy (non-hydrogen) atoms. The van der Waals surface area contributed by atoms with E-state index in [1.807, 2.05) is 0 Å². The maximum absolute atomic E-state index is 12.1. The largest absolute Gasteiger partial charge is 0.405 e. The Kier molecular flexibility index (Phi) is 4.50. The molecule has 0 radical (unpaired) electrons. The molecule has 7 heteroatoms. The molecule has 1 fully saturated rings. The lowest BCUT2D eigenvalue weighted by molar-refractivity contribution is -0.123. The van der Waals surface area contributed by atoms with Crippen molar-refractivity contribution in [1.29, 1.82) is 0 Å². The fourth-order valence-electron chi connectivity index (χ4n) is 1.97. The van der Waals surface area contributed by atoms with Crippen molar-refractivity contribution in [3.8, 4) is 0 Å². The van der Waals surface area contributed by atoms with Crippen molar-refractivity contribution in [3.05, 3.63) is 29.8 Å². The van der Waals surface area contributed by atoms with Gasteiger partial charge in [0, 0.05) is 5.92 Å². The summed E-state index contributed by atoms with van der Waals surface area (Å²) >= 11 is 0. The van der Waals surface area contributed by atoms with Gasteiger partial charge in [0.15, 0.2) is 0 Å². The molecule has 1 aliphatic carbocycles. The Hall–Kier alpha value is -2.05. The van der Waals surface area contributed by atoms with Crippen molar-refractivity contribution in [3.63, 3.8) is 0 Å². The molecule has 2 rings (SSSR count). The van der Waals surface area contributed by atoms with Crippen LogP contribution in [0.5, 0.6) is 0 Å². The number of rotatable bonds is 4. The molecule has 1 aliphatic rings. The molecular weight excluding hydrogens is 285 g/mol. The Morgan fingerprint density at radius 3 is 2.43 bits per heavy atom. The number of carbonyl (C=O) groups excluding carboxylic acids is 2. The van der Waals surface area contributed by atoms with E-state index in [0.717, 1.165) is 19.3 Å². The summed E-state index contributed by atoms with van der Waals surface area (Å²) in [5.74, 6) is -1.13. The lowest BCUT2D eigenvalue weighted by atomic mass is 9.85. The third kappa shape index (κ3) is 4.21. The molecule has 1 saturated carbocycles. The van der Waals surface area contributed by atoms with Gasteiger partial charge in [-0.25, -0.2) is 0 Å². The average Bonchev–Trinajstić information content (AvgIpc) is 2.33. The first-order valence-corrected chi connectivity index (χ1v) is 6.61. The van der Waals surface area contributed by atoms with E-state index in [4.69, 9.17) is 0 Å². The molecule has 0 unspecified atom stereocenters. The van der Waals surface area contributed by atoms with E-state index in [2.05, 4.69) is 5.32 Å². The summed E-state index contributed by atoms with van der Waals surface area (Å²) < 4.78 is 36.4. The summed E-state index contributed by atoms with van der Waals surface area (Å²) in [5.41, 5.74) is 0.253. The number of para-hydroxylation sites is 1. The molecule has 0 aromatic heterocycles. The number of halogens is 3. The van der Waals surface area contributed by atoms with Gasteiger partial charge in [-0.3, -0.25) is 9.59 Å². The zero-order chi connectivity index (χ0) is 15.5. The van der Waals surface area contributed by atoms with Gasteiger partial charge in [-0.2, -0.15) is 13.2 Å². The number of benzene rings is 1. The van der Waals surface area contributed by atoms with Gasteiger partial charge in [-0.05, 0) is 25.0 Å². The summed E-state index contributed by atoms with van der Waals surface area (Å²) in [7, 11) is 0. The number of anilines is 1. The van der Waals surface area contributed by atoms with E-state index >= 15 is 0 Å². The number of hydrogen-bond donors (Lipinski definition) is 2. The van der Waals surface area contributed by atoms with Gasteiger partial charge in [0.1, 0.15) is 6.54 Å². The van der Waals surface area contributed by atoms with Gasteiger partial charge in [0.2, 0.25) is 5.91 Å². The van der Waals surface area contributed by atoms with Crippen LogP contribution in [-0.4, -0.2) is 24.5 Å². The van der Waals surface area contributed by atoms with E-state index < -0.39 is 18.6 Å². The van der Waals surface area contributed by atoms with E-state index in [1.165, 1.54) is 18.2 Å². The van der Waals surface area contributed by atoms with Crippen LogP contribution in [0.4, 0.5) is 18.9 Å². The highest BCUT2D eigenvalue weighted by Crippen LogP contribution is 2.28. The van der Waals surface area contributed by atoms with Crippen molar-refractivity contribution >= 4 is 17.5 Å². The number of nitrogens with one attached hydrogen (secondary N) is 2. The SMILES string of the molecule is O=C(NCC(F)(F)F)c1ccccc1NC(=O)C1CCC1. The molecule has 0 aliphatic heterocycles. The van der Waals surface area contributed by atoms with E-state index in [-0.39, 0.29) is 23.1 Å². The Labute approximate surface area is 119 Å². The number of alkyl halides is 3. The molecule has 0 heterocycles. The summed E-state index contributed by atoms with van der Waals surface area (Å²) in [4.78, 5) is 23.6. The van der Waals surface area contributed by atoms with Gasteiger partial charge in [0.05, 0.1) is 11.3 Å². The van der Waals surface area contributed by atoms with Crippen LogP contribution in [-0.2, 0) is 4.79 Å². The van der Waals surface area contributed by atoms with Gasteiger partial charge in [-0.1, -0.05) is 18.6 Å². The van der Waals surface area contributed by atoms with Crippen LogP contribution in [0.15, 0.2) is 24.3 Å². The Bertz CT molecular complexity index is 539. The van der Waals surface area contributed by atoms with Crippen LogP contribution in [0.1, 0.15) is 29.6 Å². The minimum atomic E-state index is -4.47. The number of amides is 2. The fourth-order valence-corrected chi connectivity index (χ4v) is 1.97. The van der Waals surface area contributed by atoms with Crippen molar-refractivity contribution in [2.24, 2.45) is 5.92 Å². The highest BCUT2D eigenvalue weighted by Gasteiger charge is 2.29. The number of carbonyl (C=O) groups is 2. The summed E-state index contributed by atoms with van der Waals surface area (Å²) in [6.07, 6.45) is -1.88. The first-order chi connectivity index (χ1) is 9.87. The highest BCUT2D eigenvalue weighted by molar-refractivity contribution is 6.04. The highest BCUT2D eigenvalue weighted by atomic mass is 19.4. The second-order valence-electron chi connectivity index (χ2n) is 4.96. The molecule has 0 bridgehead atoms. The quantitative estimate of drug-likeness (QED) is 0.898. The smallest absolute Gasteiger partial charge is 0.343 e. The molecule has 114 valence electrons. The van der Waals surface area contributed by atoms with Gasteiger partial charge < -0.3 is 10.6 Å². The normalized spacial score (nSPS) is 15.2. The molecule has 2 amide bonds. The van der Waals surface area contributed by atoms with Crippen LogP contribution in [0.3, 0.4) is 0 Å². The predicted molar refractivity (Wildman–Crippen MR) is 70.8 cm³/mol. The Morgan fingerprint density at radius 2 is 1.86 bits per heavy atom. The molecule has 1 aromatic carbocycles.